The standard InChI is InChI=1S/C15H26N2O/c1-5-17(6-2)13-9-7-12(8-10-13)14(16)15(3,4)11-18/h7-10,14,18H,5-6,11,16H2,1-4H3/t14-/m1/s1. The van der Waals surface area contributed by atoms with Gasteiger partial charge in [0.25, 0.3) is 0 Å². The largest absolute Gasteiger partial charge is 0.396 e. The van der Waals surface area contributed by atoms with E-state index < -0.39 is 0 Å². The molecule has 3 N–H and O–H groups in total. The van der Waals surface area contributed by atoms with Crippen molar-refractivity contribution in [3.05, 3.63) is 29.8 Å². The van der Waals surface area contributed by atoms with Crippen LogP contribution in [-0.4, -0.2) is 24.8 Å². The van der Waals surface area contributed by atoms with Gasteiger partial charge in [-0.3, -0.25) is 0 Å². The average molecular weight is 250 g/mol. The number of anilines is 1. The van der Waals surface area contributed by atoms with Crippen molar-refractivity contribution in [1.82, 2.24) is 0 Å². The van der Waals surface area contributed by atoms with Crippen molar-refractivity contribution in [2.75, 3.05) is 24.6 Å². The van der Waals surface area contributed by atoms with Gasteiger partial charge in [-0.15, -0.1) is 0 Å². The van der Waals surface area contributed by atoms with E-state index in [9.17, 15) is 5.11 Å². The maximum absolute atomic E-state index is 9.36. The number of hydrogen-bond donors (Lipinski definition) is 2. The molecule has 1 atom stereocenters. The zero-order valence-corrected chi connectivity index (χ0v) is 12.0. The third-order valence-corrected chi connectivity index (χ3v) is 3.63. The first-order chi connectivity index (χ1) is 8.46. The van der Waals surface area contributed by atoms with Crippen molar-refractivity contribution in [1.29, 1.82) is 0 Å². The van der Waals surface area contributed by atoms with Gasteiger partial charge in [-0.05, 0) is 31.5 Å². The summed E-state index contributed by atoms with van der Waals surface area (Å²) < 4.78 is 0. The molecule has 18 heavy (non-hydrogen) atoms. The predicted molar refractivity (Wildman–Crippen MR) is 77.8 cm³/mol. The van der Waals surface area contributed by atoms with Crippen LogP contribution in [-0.2, 0) is 0 Å². The first kappa shape index (κ1) is 15.0. The molecular weight excluding hydrogens is 224 g/mol. The number of aliphatic hydroxyl groups excluding tert-OH is 1. The molecule has 0 aromatic heterocycles. The molecule has 0 aliphatic carbocycles. The lowest BCUT2D eigenvalue weighted by atomic mass is 9.82. The highest BCUT2D eigenvalue weighted by Crippen LogP contribution is 2.31. The molecular formula is C15H26N2O. The van der Waals surface area contributed by atoms with E-state index in [0.29, 0.717) is 0 Å². The molecule has 1 rings (SSSR count). The smallest absolute Gasteiger partial charge is 0.0500 e. The van der Waals surface area contributed by atoms with Crippen molar-refractivity contribution in [2.24, 2.45) is 11.1 Å². The molecule has 0 saturated carbocycles. The van der Waals surface area contributed by atoms with Gasteiger partial charge >= 0.3 is 0 Å². The van der Waals surface area contributed by atoms with E-state index in [4.69, 9.17) is 5.73 Å². The monoisotopic (exact) mass is 250 g/mol. The molecule has 3 nitrogen and oxygen atoms in total. The molecule has 0 aliphatic heterocycles. The first-order valence-corrected chi connectivity index (χ1v) is 6.67. The van der Waals surface area contributed by atoms with Gasteiger partial charge in [0.05, 0.1) is 0 Å². The van der Waals surface area contributed by atoms with Gasteiger partial charge in [-0.25, -0.2) is 0 Å². The summed E-state index contributed by atoms with van der Waals surface area (Å²) in [5.74, 6) is 0. The SMILES string of the molecule is CCN(CC)c1ccc([C@@H](N)C(C)(C)CO)cc1. The van der Waals surface area contributed by atoms with Gasteiger partial charge in [-0.2, -0.15) is 0 Å². The molecule has 1 aromatic carbocycles. The van der Waals surface area contributed by atoms with Crippen molar-refractivity contribution < 1.29 is 5.11 Å². The van der Waals surface area contributed by atoms with Crippen LogP contribution in [0.15, 0.2) is 24.3 Å². The first-order valence-electron chi connectivity index (χ1n) is 6.67. The van der Waals surface area contributed by atoms with Gasteiger partial charge in [0.1, 0.15) is 0 Å². The van der Waals surface area contributed by atoms with Crippen molar-refractivity contribution in [2.45, 2.75) is 33.7 Å². The van der Waals surface area contributed by atoms with Gasteiger partial charge in [-0.1, -0.05) is 26.0 Å². The second kappa shape index (κ2) is 6.21. The molecule has 0 fully saturated rings. The number of nitrogens with zero attached hydrogens (tertiary/aromatic N) is 1. The maximum Gasteiger partial charge on any atom is 0.0500 e. The Hall–Kier alpha value is -1.06. The van der Waals surface area contributed by atoms with E-state index in [1.807, 2.05) is 13.8 Å². The number of rotatable bonds is 6. The van der Waals surface area contributed by atoms with Crippen LogP contribution in [0.25, 0.3) is 0 Å². The average Bonchev–Trinajstić information content (AvgIpc) is 2.40. The third-order valence-electron chi connectivity index (χ3n) is 3.63. The summed E-state index contributed by atoms with van der Waals surface area (Å²) in [6.45, 7) is 10.4. The number of aliphatic hydroxyl groups is 1. The fourth-order valence-electron chi connectivity index (χ4n) is 2.03. The Morgan fingerprint density at radius 2 is 1.67 bits per heavy atom. The van der Waals surface area contributed by atoms with Gasteiger partial charge < -0.3 is 15.7 Å². The fraction of sp³-hybridized carbons (Fsp3) is 0.600. The van der Waals surface area contributed by atoms with Gasteiger partial charge in [0, 0.05) is 36.8 Å². The molecule has 0 spiro atoms. The van der Waals surface area contributed by atoms with Crippen LogP contribution in [0.2, 0.25) is 0 Å². The minimum absolute atomic E-state index is 0.0892. The van der Waals surface area contributed by atoms with Crippen LogP contribution < -0.4 is 10.6 Å². The Kier molecular flexibility index (Phi) is 5.17. The lowest BCUT2D eigenvalue weighted by Crippen LogP contribution is -2.32. The van der Waals surface area contributed by atoms with E-state index >= 15 is 0 Å². The van der Waals surface area contributed by atoms with Crippen LogP contribution in [0.3, 0.4) is 0 Å². The van der Waals surface area contributed by atoms with Crippen LogP contribution in [0.1, 0.15) is 39.3 Å². The summed E-state index contributed by atoms with van der Waals surface area (Å²) in [4.78, 5) is 2.30. The van der Waals surface area contributed by atoms with Crippen LogP contribution in [0, 0.1) is 5.41 Å². The van der Waals surface area contributed by atoms with Gasteiger partial charge in [0.2, 0.25) is 0 Å². The minimum Gasteiger partial charge on any atom is -0.396 e. The zero-order chi connectivity index (χ0) is 13.8. The molecule has 0 aliphatic rings. The third kappa shape index (κ3) is 3.24. The molecule has 0 unspecified atom stereocenters. The lowest BCUT2D eigenvalue weighted by molar-refractivity contribution is 0.132. The fourth-order valence-corrected chi connectivity index (χ4v) is 2.03. The maximum atomic E-state index is 9.36. The predicted octanol–water partition coefficient (Wildman–Crippen LogP) is 2.55. The Labute approximate surface area is 111 Å². The molecule has 3 heteroatoms. The van der Waals surface area contributed by atoms with Gasteiger partial charge in [0.15, 0.2) is 0 Å². The van der Waals surface area contributed by atoms with Crippen molar-refractivity contribution in [3.63, 3.8) is 0 Å². The highest BCUT2D eigenvalue weighted by atomic mass is 16.3. The molecule has 0 saturated heterocycles. The summed E-state index contributed by atoms with van der Waals surface area (Å²) in [6.07, 6.45) is 0. The minimum atomic E-state index is -0.295. The second-order valence-corrected chi connectivity index (χ2v) is 5.39. The summed E-state index contributed by atoms with van der Waals surface area (Å²) in [7, 11) is 0. The van der Waals surface area contributed by atoms with E-state index in [1.165, 1.54) is 5.69 Å². The molecule has 0 amide bonds. The second-order valence-electron chi connectivity index (χ2n) is 5.39. The van der Waals surface area contributed by atoms with E-state index in [-0.39, 0.29) is 18.1 Å². The highest BCUT2D eigenvalue weighted by Gasteiger charge is 2.26. The quantitative estimate of drug-likeness (QED) is 0.815. The molecule has 0 radical (unpaired) electrons. The Morgan fingerprint density at radius 3 is 2.06 bits per heavy atom. The molecule has 1 aromatic rings. The van der Waals surface area contributed by atoms with E-state index in [0.717, 1.165) is 18.7 Å². The summed E-state index contributed by atoms with van der Waals surface area (Å²) in [5, 5.41) is 9.36. The van der Waals surface area contributed by atoms with E-state index in [2.05, 4.69) is 43.0 Å². The Bertz CT molecular complexity index is 355. The normalized spacial score (nSPS) is 13.4. The molecule has 0 heterocycles. The Balaban J connectivity index is 2.89. The van der Waals surface area contributed by atoms with Crippen LogP contribution in [0.5, 0.6) is 0 Å². The molecule has 102 valence electrons. The Morgan fingerprint density at radius 1 is 1.17 bits per heavy atom. The topological polar surface area (TPSA) is 49.5 Å². The summed E-state index contributed by atoms with van der Waals surface area (Å²) >= 11 is 0. The van der Waals surface area contributed by atoms with E-state index in [1.54, 1.807) is 0 Å². The summed E-state index contributed by atoms with van der Waals surface area (Å²) in [6, 6.07) is 8.20. The summed E-state index contributed by atoms with van der Waals surface area (Å²) in [5.41, 5.74) is 8.20. The number of nitrogens with two attached hydrogens (primary N) is 1. The van der Waals surface area contributed by atoms with Crippen molar-refractivity contribution >= 4 is 5.69 Å². The highest BCUT2D eigenvalue weighted by molar-refractivity contribution is 5.48. The van der Waals surface area contributed by atoms with Crippen molar-refractivity contribution in [3.8, 4) is 0 Å². The van der Waals surface area contributed by atoms with Crippen LogP contribution >= 0.6 is 0 Å². The number of hydrogen-bond acceptors (Lipinski definition) is 3. The molecule has 0 bridgehead atoms. The number of benzene rings is 1. The lowest BCUT2D eigenvalue weighted by Gasteiger charge is -2.30. The van der Waals surface area contributed by atoms with Crippen LogP contribution in [0.4, 0.5) is 5.69 Å². The zero-order valence-electron chi connectivity index (χ0n) is 12.0.